The van der Waals surface area contributed by atoms with E-state index in [1.54, 1.807) is 0 Å². The molecule has 1 saturated carbocycles. The van der Waals surface area contributed by atoms with Gasteiger partial charge in [0.15, 0.2) is 0 Å². The molecule has 3 rings (SSSR count). The molecule has 0 radical (unpaired) electrons. The van der Waals surface area contributed by atoms with Crippen molar-refractivity contribution in [2.24, 2.45) is 11.3 Å². The third-order valence-corrected chi connectivity index (χ3v) is 6.05. The molecule has 0 aliphatic heterocycles. The van der Waals surface area contributed by atoms with E-state index in [0.29, 0.717) is 11.5 Å². The fourth-order valence-electron chi connectivity index (χ4n) is 4.26. The normalized spacial score (nSPS) is 20.1. The quantitative estimate of drug-likeness (QED) is 0.532. The third-order valence-electron chi connectivity index (χ3n) is 6.05. The van der Waals surface area contributed by atoms with Crippen molar-refractivity contribution in [1.29, 1.82) is 0 Å². The maximum absolute atomic E-state index is 6.38. The summed E-state index contributed by atoms with van der Waals surface area (Å²) in [5, 5.41) is 3.48. The molecule has 0 aromatic heterocycles. The number of rotatable bonds is 7. The fourth-order valence-corrected chi connectivity index (χ4v) is 4.26. The smallest absolute Gasteiger partial charge is 0.120 e. The minimum Gasteiger partial charge on any atom is -0.490 e. The number of benzene rings is 2. The number of hydrogen-bond acceptors (Lipinski definition) is 2. The molecule has 152 valence electrons. The highest BCUT2D eigenvalue weighted by Gasteiger charge is 2.30. The average molecular weight is 380 g/mol. The molecule has 0 saturated heterocycles. The Balaban J connectivity index is 1.62. The van der Waals surface area contributed by atoms with Gasteiger partial charge in [0, 0.05) is 6.54 Å². The SMILES string of the molecule is CCCNCc1cccc(-c2cccc(O[C@H]3CC[C@H](C(C)(C)C)CC3)c2)c1. The molecule has 0 spiro atoms. The molecule has 1 aliphatic rings. The number of hydrogen-bond donors (Lipinski definition) is 1. The highest BCUT2D eigenvalue weighted by molar-refractivity contribution is 5.65. The maximum Gasteiger partial charge on any atom is 0.120 e. The van der Waals surface area contributed by atoms with Crippen LogP contribution in [0.4, 0.5) is 0 Å². The second kappa shape index (κ2) is 9.60. The first-order valence-electron chi connectivity index (χ1n) is 11.0. The molecule has 0 amide bonds. The van der Waals surface area contributed by atoms with Gasteiger partial charge in [-0.15, -0.1) is 0 Å². The lowest BCUT2D eigenvalue weighted by Crippen LogP contribution is -2.30. The lowest BCUT2D eigenvalue weighted by molar-refractivity contribution is 0.0882. The van der Waals surface area contributed by atoms with Gasteiger partial charge in [0.25, 0.3) is 0 Å². The van der Waals surface area contributed by atoms with Crippen LogP contribution >= 0.6 is 0 Å². The van der Waals surface area contributed by atoms with E-state index in [1.165, 1.54) is 42.4 Å². The summed E-state index contributed by atoms with van der Waals surface area (Å²) in [6.07, 6.45) is 6.42. The first-order valence-corrected chi connectivity index (χ1v) is 11.0. The Morgan fingerprint density at radius 3 is 2.29 bits per heavy atom. The highest BCUT2D eigenvalue weighted by atomic mass is 16.5. The largest absolute Gasteiger partial charge is 0.490 e. The van der Waals surface area contributed by atoms with E-state index in [9.17, 15) is 0 Å². The van der Waals surface area contributed by atoms with Gasteiger partial charge in [-0.25, -0.2) is 0 Å². The Morgan fingerprint density at radius 1 is 0.929 bits per heavy atom. The highest BCUT2D eigenvalue weighted by Crippen LogP contribution is 2.39. The summed E-state index contributed by atoms with van der Waals surface area (Å²) in [5.74, 6) is 1.83. The number of nitrogens with one attached hydrogen (secondary N) is 1. The molecule has 2 aromatic rings. The van der Waals surface area contributed by atoms with Crippen LogP contribution in [0.3, 0.4) is 0 Å². The van der Waals surface area contributed by atoms with Crippen LogP contribution in [-0.4, -0.2) is 12.6 Å². The van der Waals surface area contributed by atoms with E-state index in [4.69, 9.17) is 4.74 Å². The van der Waals surface area contributed by atoms with Gasteiger partial charge >= 0.3 is 0 Å². The molecule has 28 heavy (non-hydrogen) atoms. The zero-order valence-corrected chi connectivity index (χ0v) is 18.1. The summed E-state index contributed by atoms with van der Waals surface area (Å²) < 4.78 is 6.38. The first kappa shape index (κ1) is 20.9. The summed E-state index contributed by atoms with van der Waals surface area (Å²) in [4.78, 5) is 0. The van der Waals surface area contributed by atoms with Gasteiger partial charge in [0.05, 0.1) is 6.10 Å². The van der Waals surface area contributed by atoms with Crippen LogP contribution < -0.4 is 10.1 Å². The second-order valence-electron chi connectivity index (χ2n) is 9.36. The summed E-state index contributed by atoms with van der Waals surface area (Å²) in [6.45, 7) is 11.3. The van der Waals surface area contributed by atoms with Crippen LogP contribution in [-0.2, 0) is 6.54 Å². The fraction of sp³-hybridized carbons (Fsp3) is 0.538. The molecule has 1 N–H and O–H groups in total. The minimum absolute atomic E-state index is 0.360. The zero-order valence-electron chi connectivity index (χ0n) is 18.1. The van der Waals surface area contributed by atoms with Crippen molar-refractivity contribution in [1.82, 2.24) is 5.32 Å². The van der Waals surface area contributed by atoms with Crippen LogP contribution in [0.5, 0.6) is 5.75 Å². The monoisotopic (exact) mass is 379 g/mol. The molecule has 2 heteroatoms. The summed E-state index contributed by atoms with van der Waals surface area (Å²) in [7, 11) is 0. The van der Waals surface area contributed by atoms with Crippen LogP contribution in [0.1, 0.15) is 65.4 Å². The van der Waals surface area contributed by atoms with Gasteiger partial charge in [-0.2, -0.15) is 0 Å². The van der Waals surface area contributed by atoms with E-state index in [1.807, 2.05) is 0 Å². The Hall–Kier alpha value is -1.80. The molecular formula is C26H37NO. The summed E-state index contributed by atoms with van der Waals surface area (Å²) >= 11 is 0. The zero-order chi connectivity index (χ0) is 20.0. The molecule has 2 nitrogen and oxygen atoms in total. The molecule has 2 aromatic carbocycles. The molecule has 0 heterocycles. The van der Waals surface area contributed by atoms with Gasteiger partial charge in [0.1, 0.15) is 5.75 Å². The van der Waals surface area contributed by atoms with E-state index in [2.05, 4.69) is 81.5 Å². The Morgan fingerprint density at radius 2 is 1.61 bits per heavy atom. The standard InChI is InChI=1S/C26H37NO/c1-5-16-27-19-20-8-6-9-21(17-20)22-10-7-11-25(18-22)28-24-14-12-23(13-15-24)26(2,3)4/h6-11,17-18,23-24,27H,5,12-16,19H2,1-4H3/t23-,24-. The number of ether oxygens (including phenoxy) is 1. The minimum atomic E-state index is 0.360. The Kier molecular flexibility index (Phi) is 7.18. The van der Waals surface area contributed by atoms with Gasteiger partial charge < -0.3 is 10.1 Å². The lowest BCUT2D eigenvalue weighted by atomic mass is 9.72. The molecule has 0 unspecified atom stereocenters. The van der Waals surface area contributed by atoms with Crippen molar-refractivity contribution >= 4 is 0 Å². The van der Waals surface area contributed by atoms with E-state index >= 15 is 0 Å². The van der Waals surface area contributed by atoms with E-state index in [0.717, 1.165) is 31.2 Å². The lowest BCUT2D eigenvalue weighted by Gasteiger charge is -2.37. The molecule has 0 atom stereocenters. The topological polar surface area (TPSA) is 21.3 Å². The van der Waals surface area contributed by atoms with Crippen LogP contribution in [0.15, 0.2) is 48.5 Å². The average Bonchev–Trinajstić information content (AvgIpc) is 2.68. The summed E-state index contributed by atoms with van der Waals surface area (Å²) in [5.41, 5.74) is 4.25. The van der Waals surface area contributed by atoms with Gasteiger partial charge in [0.2, 0.25) is 0 Å². The van der Waals surface area contributed by atoms with E-state index in [-0.39, 0.29) is 0 Å². The first-order chi connectivity index (χ1) is 13.5. The van der Waals surface area contributed by atoms with Crippen molar-refractivity contribution in [3.63, 3.8) is 0 Å². The Labute approximate surface area is 171 Å². The van der Waals surface area contributed by atoms with E-state index < -0.39 is 0 Å². The molecule has 0 bridgehead atoms. The predicted octanol–water partition coefficient (Wildman–Crippen LogP) is 6.84. The van der Waals surface area contributed by atoms with Crippen LogP contribution in [0.25, 0.3) is 11.1 Å². The van der Waals surface area contributed by atoms with Crippen molar-refractivity contribution in [2.75, 3.05) is 6.54 Å². The van der Waals surface area contributed by atoms with Crippen molar-refractivity contribution < 1.29 is 4.74 Å². The van der Waals surface area contributed by atoms with Gasteiger partial charge in [-0.1, -0.05) is 58.0 Å². The van der Waals surface area contributed by atoms with Gasteiger partial charge in [-0.3, -0.25) is 0 Å². The molecular weight excluding hydrogens is 342 g/mol. The van der Waals surface area contributed by atoms with Crippen LogP contribution in [0, 0.1) is 11.3 Å². The van der Waals surface area contributed by atoms with Crippen molar-refractivity contribution in [3.8, 4) is 16.9 Å². The van der Waals surface area contributed by atoms with Crippen molar-refractivity contribution in [2.45, 2.75) is 72.4 Å². The molecule has 1 aliphatic carbocycles. The molecule has 1 fully saturated rings. The van der Waals surface area contributed by atoms with Crippen molar-refractivity contribution in [3.05, 3.63) is 54.1 Å². The predicted molar refractivity (Wildman–Crippen MR) is 120 cm³/mol. The summed E-state index contributed by atoms with van der Waals surface area (Å²) in [6, 6.07) is 17.4. The van der Waals surface area contributed by atoms with Crippen LogP contribution in [0.2, 0.25) is 0 Å². The Bertz CT molecular complexity index is 738. The second-order valence-corrected chi connectivity index (χ2v) is 9.36. The maximum atomic E-state index is 6.38. The third kappa shape index (κ3) is 5.85. The van der Waals surface area contributed by atoms with Gasteiger partial charge in [-0.05, 0) is 84.9 Å².